The van der Waals surface area contributed by atoms with Crippen LogP contribution in [-0.4, -0.2) is 23.4 Å². The molecule has 0 bridgehead atoms. The molecule has 2 rings (SSSR count). The summed E-state index contributed by atoms with van der Waals surface area (Å²) in [5.74, 6) is 0.122. The summed E-state index contributed by atoms with van der Waals surface area (Å²) in [4.78, 5) is 12.5. The first-order chi connectivity index (χ1) is 11.3. The van der Waals surface area contributed by atoms with Gasteiger partial charge >= 0.3 is 0 Å². The lowest BCUT2D eigenvalue weighted by atomic mass is 10.1. The number of aromatic nitrogens is 1. The molecule has 1 aromatic carbocycles. The van der Waals surface area contributed by atoms with Gasteiger partial charge in [0.05, 0.1) is 6.54 Å². The lowest BCUT2D eigenvalue weighted by molar-refractivity contribution is 0.0990. The summed E-state index contributed by atoms with van der Waals surface area (Å²) in [7, 11) is 0. The van der Waals surface area contributed by atoms with Crippen molar-refractivity contribution in [2.24, 2.45) is 0 Å². The van der Waals surface area contributed by atoms with Crippen molar-refractivity contribution in [3.63, 3.8) is 0 Å². The Hall–Kier alpha value is -1.29. The highest BCUT2D eigenvalue weighted by atomic mass is 35.5. The molecule has 2 aromatic rings. The summed E-state index contributed by atoms with van der Waals surface area (Å²) in [6.45, 7) is 9.32. The van der Waals surface area contributed by atoms with Crippen molar-refractivity contribution in [2.75, 3.05) is 13.1 Å². The van der Waals surface area contributed by atoms with E-state index in [4.69, 9.17) is 23.2 Å². The van der Waals surface area contributed by atoms with Crippen molar-refractivity contribution in [2.45, 2.75) is 40.2 Å². The average molecular weight is 367 g/mol. The van der Waals surface area contributed by atoms with E-state index in [1.165, 1.54) is 0 Å². The van der Waals surface area contributed by atoms with Crippen LogP contribution in [0.3, 0.4) is 0 Å². The lowest BCUT2D eigenvalue weighted by Gasteiger charge is -2.13. The van der Waals surface area contributed by atoms with E-state index in [1.54, 1.807) is 6.07 Å². The van der Waals surface area contributed by atoms with Crippen LogP contribution in [0.25, 0.3) is 0 Å². The van der Waals surface area contributed by atoms with Gasteiger partial charge in [-0.2, -0.15) is 0 Å². The Kier molecular flexibility index (Phi) is 6.50. The molecule has 0 aliphatic rings. The number of hydrogen-bond donors (Lipinski definition) is 1. The summed E-state index contributed by atoms with van der Waals surface area (Å²) in [5, 5.41) is 4.50. The molecule has 0 fully saturated rings. The van der Waals surface area contributed by atoms with Crippen LogP contribution >= 0.6 is 23.2 Å². The SMILES string of the molecule is Cc1cc(C(=O)CNCCc2ccc(Cl)cc2Cl)c(C)n1C(C)C. The van der Waals surface area contributed by atoms with E-state index >= 15 is 0 Å². The molecule has 1 heterocycles. The number of nitrogens with zero attached hydrogens (tertiary/aromatic N) is 1. The highest BCUT2D eigenvalue weighted by Crippen LogP contribution is 2.22. The number of carbonyl (C=O) groups is 1. The van der Waals surface area contributed by atoms with Crippen LogP contribution < -0.4 is 5.32 Å². The first-order valence-corrected chi connectivity index (χ1v) is 8.93. The zero-order chi connectivity index (χ0) is 17.9. The van der Waals surface area contributed by atoms with Crippen molar-refractivity contribution >= 4 is 29.0 Å². The molecule has 0 aliphatic heterocycles. The van der Waals surface area contributed by atoms with Crippen LogP contribution in [0.15, 0.2) is 24.3 Å². The number of nitrogens with one attached hydrogen (secondary N) is 1. The minimum Gasteiger partial charge on any atom is -0.346 e. The highest BCUT2D eigenvalue weighted by molar-refractivity contribution is 6.35. The van der Waals surface area contributed by atoms with Gasteiger partial charge in [0.25, 0.3) is 0 Å². The number of benzene rings is 1. The van der Waals surface area contributed by atoms with Gasteiger partial charge in [-0.3, -0.25) is 4.79 Å². The van der Waals surface area contributed by atoms with Crippen molar-refractivity contribution in [1.29, 1.82) is 0 Å². The maximum Gasteiger partial charge on any atom is 0.178 e. The van der Waals surface area contributed by atoms with Gasteiger partial charge in [-0.15, -0.1) is 0 Å². The molecule has 3 nitrogen and oxygen atoms in total. The van der Waals surface area contributed by atoms with Gasteiger partial charge in [0.1, 0.15) is 0 Å². The first-order valence-electron chi connectivity index (χ1n) is 8.17. The summed E-state index contributed by atoms with van der Waals surface area (Å²) in [5.41, 5.74) is 3.99. The zero-order valence-electron chi connectivity index (χ0n) is 14.6. The summed E-state index contributed by atoms with van der Waals surface area (Å²) in [6, 6.07) is 7.82. The fourth-order valence-electron chi connectivity index (χ4n) is 3.10. The van der Waals surface area contributed by atoms with E-state index in [2.05, 4.69) is 23.7 Å². The standard InChI is InChI=1S/C19H24Cl2N2O/c1-12(2)23-13(3)9-17(14(23)4)19(24)11-22-8-7-15-5-6-16(20)10-18(15)21/h5-6,9-10,12,22H,7-8,11H2,1-4H3. The predicted molar refractivity (Wildman–Crippen MR) is 102 cm³/mol. The summed E-state index contributed by atoms with van der Waals surface area (Å²) in [6.07, 6.45) is 0.758. The monoisotopic (exact) mass is 366 g/mol. The van der Waals surface area contributed by atoms with Crippen molar-refractivity contribution in [1.82, 2.24) is 9.88 Å². The second-order valence-electron chi connectivity index (χ2n) is 6.33. The number of hydrogen-bond acceptors (Lipinski definition) is 2. The third-order valence-corrected chi connectivity index (χ3v) is 4.76. The summed E-state index contributed by atoms with van der Waals surface area (Å²) < 4.78 is 2.20. The molecule has 0 atom stereocenters. The Labute approximate surface area is 154 Å². The van der Waals surface area contributed by atoms with Crippen molar-refractivity contribution in [3.8, 4) is 0 Å². The van der Waals surface area contributed by atoms with Gasteiger partial charge in [-0.05, 0) is 64.4 Å². The zero-order valence-corrected chi connectivity index (χ0v) is 16.1. The number of halogens is 2. The van der Waals surface area contributed by atoms with Crippen LogP contribution in [0.4, 0.5) is 0 Å². The van der Waals surface area contributed by atoms with E-state index in [0.29, 0.717) is 29.2 Å². The van der Waals surface area contributed by atoms with E-state index in [-0.39, 0.29) is 5.78 Å². The fourth-order valence-corrected chi connectivity index (χ4v) is 3.60. The molecule has 5 heteroatoms. The molecule has 0 saturated heterocycles. The Morgan fingerprint density at radius 1 is 1.21 bits per heavy atom. The largest absolute Gasteiger partial charge is 0.346 e. The molecule has 0 amide bonds. The van der Waals surface area contributed by atoms with Gasteiger partial charge in [0, 0.05) is 33.0 Å². The topological polar surface area (TPSA) is 34.0 Å². The highest BCUT2D eigenvalue weighted by Gasteiger charge is 2.16. The van der Waals surface area contributed by atoms with E-state index in [0.717, 1.165) is 28.9 Å². The fraction of sp³-hybridized carbons (Fsp3) is 0.421. The molecule has 1 N–H and O–H groups in total. The van der Waals surface area contributed by atoms with Crippen LogP contribution in [0.1, 0.15) is 47.2 Å². The number of aryl methyl sites for hydroxylation is 1. The van der Waals surface area contributed by atoms with Crippen LogP contribution in [0.2, 0.25) is 10.0 Å². The Balaban J connectivity index is 1.91. The average Bonchev–Trinajstić information content (AvgIpc) is 2.80. The Morgan fingerprint density at radius 3 is 2.50 bits per heavy atom. The van der Waals surface area contributed by atoms with Crippen LogP contribution in [0.5, 0.6) is 0 Å². The minimum atomic E-state index is 0.122. The number of ketones is 1. The van der Waals surface area contributed by atoms with Crippen LogP contribution in [0, 0.1) is 13.8 Å². The third kappa shape index (κ3) is 4.41. The third-order valence-electron chi connectivity index (χ3n) is 4.17. The van der Waals surface area contributed by atoms with Gasteiger partial charge in [-0.25, -0.2) is 0 Å². The van der Waals surface area contributed by atoms with Gasteiger partial charge < -0.3 is 9.88 Å². The quantitative estimate of drug-likeness (QED) is 0.552. The molecular formula is C19H24Cl2N2O. The molecule has 0 saturated carbocycles. The smallest absolute Gasteiger partial charge is 0.178 e. The van der Waals surface area contributed by atoms with Crippen molar-refractivity contribution in [3.05, 3.63) is 56.8 Å². The van der Waals surface area contributed by atoms with Crippen molar-refractivity contribution < 1.29 is 4.79 Å². The maximum atomic E-state index is 12.5. The van der Waals surface area contributed by atoms with E-state index < -0.39 is 0 Å². The molecule has 24 heavy (non-hydrogen) atoms. The van der Waals surface area contributed by atoms with Crippen LogP contribution in [-0.2, 0) is 6.42 Å². The molecule has 0 spiro atoms. The second-order valence-corrected chi connectivity index (χ2v) is 7.18. The predicted octanol–water partition coefficient (Wildman–Crippen LogP) is 5.01. The number of carbonyl (C=O) groups excluding carboxylic acids is 1. The van der Waals surface area contributed by atoms with E-state index in [9.17, 15) is 4.79 Å². The summed E-state index contributed by atoms with van der Waals surface area (Å²) >= 11 is 12.0. The number of rotatable bonds is 7. The Bertz CT molecular complexity index is 735. The van der Waals surface area contributed by atoms with Gasteiger partial charge in [0.2, 0.25) is 0 Å². The molecular weight excluding hydrogens is 343 g/mol. The first kappa shape index (κ1) is 19.0. The van der Waals surface area contributed by atoms with Gasteiger partial charge in [0.15, 0.2) is 5.78 Å². The minimum absolute atomic E-state index is 0.122. The second kappa shape index (κ2) is 8.19. The number of Topliss-reactive ketones (excluding diaryl/α,β-unsaturated/α-hetero) is 1. The molecule has 0 unspecified atom stereocenters. The van der Waals surface area contributed by atoms with E-state index in [1.807, 2.05) is 32.0 Å². The van der Waals surface area contributed by atoms with Gasteiger partial charge in [-0.1, -0.05) is 29.3 Å². The maximum absolute atomic E-state index is 12.5. The molecule has 0 aliphatic carbocycles. The molecule has 130 valence electrons. The molecule has 1 aromatic heterocycles. The Morgan fingerprint density at radius 2 is 1.92 bits per heavy atom. The normalized spacial score (nSPS) is 11.3. The molecule has 0 radical (unpaired) electrons. The lowest BCUT2D eigenvalue weighted by Crippen LogP contribution is -2.25.